The van der Waals surface area contributed by atoms with E-state index in [-0.39, 0.29) is 11.9 Å². The number of likely N-dealkylation sites (N-methyl/N-ethyl adjacent to an activating group) is 1. The van der Waals surface area contributed by atoms with E-state index in [4.69, 9.17) is 0 Å². The molecule has 29 heavy (non-hydrogen) atoms. The van der Waals surface area contributed by atoms with Gasteiger partial charge in [0.2, 0.25) is 5.91 Å². The highest BCUT2D eigenvalue weighted by Gasteiger charge is 2.09. The third kappa shape index (κ3) is 5.93. The standard InChI is InChI=1S/C19H24N8OS/c1-12(20-3)18(28)23-9-8-22-16-10-17(26-13(2)25-16)27-19-24-11-15(29-19)14-4-6-21-7-5-14/h4-7,10-12,20H,8-9H2,1-3H3,(H,23,28)(H2,22,24,25,26,27)/t12-/m0/s1. The Morgan fingerprint density at radius 3 is 2.69 bits per heavy atom. The van der Waals surface area contributed by atoms with Crippen molar-refractivity contribution in [3.8, 4) is 10.4 Å². The first-order valence-electron chi connectivity index (χ1n) is 9.23. The average Bonchev–Trinajstić information content (AvgIpc) is 3.19. The van der Waals surface area contributed by atoms with Crippen molar-refractivity contribution in [1.29, 1.82) is 0 Å². The van der Waals surface area contributed by atoms with Gasteiger partial charge in [-0.1, -0.05) is 11.3 Å². The molecule has 0 saturated heterocycles. The number of nitrogens with zero attached hydrogens (tertiary/aromatic N) is 4. The van der Waals surface area contributed by atoms with Crippen LogP contribution in [0.15, 0.2) is 36.8 Å². The largest absolute Gasteiger partial charge is 0.368 e. The predicted octanol–water partition coefficient (Wildman–Crippen LogP) is 2.18. The van der Waals surface area contributed by atoms with Crippen LogP contribution in [-0.4, -0.2) is 52.0 Å². The minimum Gasteiger partial charge on any atom is -0.368 e. The summed E-state index contributed by atoms with van der Waals surface area (Å²) in [6, 6.07) is 5.50. The van der Waals surface area contributed by atoms with Gasteiger partial charge in [-0.2, -0.15) is 0 Å². The number of thiazole rings is 1. The summed E-state index contributed by atoms with van der Waals surface area (Å²) in [4.78, 5) is 30.1. The number of anilines is 3. The lowest BCUT2D eigenvalue weighted by Crippen LogP contribution is -2.42. The van der Waals surface area contributed by atoms with E-state index in [2.05, 4.69) is 41.2 Å². The highest BCUT2D eigenvalue weighted by atomic mass is 32.1. The fourth-order valence-corrected chi connectivity index (χ4v) is 3.30. The van der Waals surface area contributed by atoms with Gasteiger partial charge in [-0.05, 0) is 38.6 Å². The smallest absolute Gasteiger partial charge is 0.236 e. The maximum absolute atomic E-state index is 11.8. The summed E-state index contributed by atoms with van der Waals surface area (Å²) in [6.45, 7) is 4.70. The number of hydrogen-bond acceptors (Lipinski definition) is 9. The molecule has 0 spiro atoms. The van der Waals surface area contributed by atoms with Crippen LogP contribution in [0.1, 0.15) is 12.7 Å². The number of nitrogens with one attached hydrogen (secondary N) is 4. The Kier molecular flexibility index (Phi) is 7.04. The lowest BCUT2D eigenvalue weighted by Gasteiger charge is -2.12. The fraction of sp³-hybridized carbons (Fsp3) is 0.316. The van der Waals surface area contributed by atoms with Crippen molar-refractivity contribution in [3.63, 3.8) is 0 Å². The van der Waals surface area contributed by atoms with Crippen LogP contribution >= 0.6 is 11.3 Å². The first-order valence-corrected chi connectivity index (χ1v) is 10.0. The Labute approximate surface area is 173 Å². The van der Waals surface area contributed by atoms with Gasteiger partial charge in [0.25, 0.3) is 0 Å². The molecule has 0 aliphatic rings. The molecule has 10 heteroatoms. The van der Waals surface area contributed by atoms with Crippen molar-refractivity contribution in [1.82, 2.24) is 30.6 Å². The molecule has 0 aliphatic carbocycles. The molecule has 0 bridgehead atoms. The molecule has 0 saturated carbocycles. The highest BCUT2D eigenvalue weighted by molar-refractivity contribution is 7.18. The molecule has 1 atom stereocenters. The molecular weight excluding hydrogens is 388 g/mol. The van der Waals surface area contributed by atoms with Crippen LogP contribution in [0.5, 0.6) is 0 Å². The summed E-state index contributed by atoms with van der Waals surface area (Å²) < 4.78 is 0. The van der Waals surface area contributed by atoms with Crippen LogP contribution in [0.3, 0.4) is 0 Å². The number of aryl methyl sites for hydroxylation is 1. The maximum atomic E-state index is 11.8. The summed E-state index contributed by atoms with van der Waals surface area (Å²) in [5.74, 6) is 1.94. The van der Waals surface area contributed by atoms with E-state index >= 15 is 0 Å². The summed E-state index contributed by atoms with van der Waals surface area (Å²) in [5.41, 5.74) is 1.07. The van der Waals surface area contributed by atoms with Gasteiger partial charge in [0.1, 0.15) is 17.5 Å². The minimum absolute atomic E-state index is 0.0377. The second-order valence-electron chi connectivity index (χ2n) is 6.30. The summed E-state index contributed by atoms with van der Waals surface area (Å²) in [5, 5.41) is 12.9. The molecule has 0 aliphatic heterocycles. The van der Waals surface area contributed by atoms with Gasteiger partial charge in [-0.15, -0.1) is 0 Å². The maximum Gasteiger partial charge on any atom is 0.236 e. The summed E-state index contributed by atoms with van der Waals surface area (Å²) in [6.07, 6.45) is 5.34. The van der Waals surface area contributed by atoms with Crippen LogP contribution in [-0.2, 0) is 4.79 Å². The number of carbonyl (C=O) groups is 1. The van der Waals surface area contributed by atoms with E-state index in [0.29, 0.717) is 30.5 Å². The molecule has 3 heterocycles. The quantitative estimate of drug-likeness (QED) is 0.395. The van der Waals surface area contributed by atoms with Gasteiger partial charge in [-0.25, -0.2) is 15.0 Å². The second-order valence-corrected chi connectivity index (χ2v) is 7.34. The van der Waals surface area contributed by atoms with Crippen LogP contribution in [0, 0.1) is 6.92 Å². The Morgan fingerprint density at radius 1 is 1.17 bits per heavy atom. The van der Waals surface area contributed by atoms with Gasteiger partial charge in [-0.3, -0.25) is 9.78 Å². The molecule has 9 nitrogen and oxygen atoms in total. The molecule has 0 unspecified atom stereocenters. The van der Waals surface area contributed by atoms with Crippen molar-refractivity contribution >= 4 is 34.0 Å². The molecular formula is C19H24N8OS. The molecule has 1 amide bonds. The zero-order valence-electron chi connectivity index (χ0n) is 16.6. The van der Waals surface area contributed by atoms with Gasteiger partial charge in [0, 0.05) is 37.7 Å². The number of aromatic nitrogens is 4. The lowest BCUT2D eigenvalue weighted by molar-refractivity contribution is -0.122. The number of pyridine rings is 1. The molecule has 0 radical (unpaired) electrons. The van der Waals surface area contributed by atoms with E-state index in [1.807, 2.05) is 38.2 Å². The van der Waals surface area contributed by atoms with Crippen molar-refractivity contribution in [2.75, 3.05) is 30.8 Å². The zero-order chi connectivity index (χ0) is 20.6. The SMILES string of the molecule is CN[C@@H](C)C(=O)NCCNc1cc(Nc2ncc(-c3ccncc3)s2)nc(C)n1. The van der Waals surface area contributed by atoms with Crippen LogP contribution in [0.25, 0.3) is 10.4 Å². The topological polar surface area (TPSA) is 117 Å². The van der Waals surface area contributed by atoms with Gasteiger partial charge in [0.05, 0.1) is 10.9 Å². The Hall–Kier alpha value is -3.11. The molecule has 0 aromatic carbocycles. The summed E-state index contributed by atoms with van der Waals surface area (Å²) >= 11 is 1.54. The van der Waals surface area contributed by atoms with E-state index in [0.717, 1.165) is 15.6 Å². The first-order chi connectivity index (χ1) is 14.0. The van der Waals surface area contributed by atoms with E-state index in [1.165, 1.54) is 11.3 Å². The number of hydrogen-bond donors (Lipinski definition) is 4. The van der Waals surface area contributed by atoms with Crippen LogP contribution in [0.2, 0.25) is 0 Å². The summed E-state index contributed by atoms with van der Waals surface area (Å²) in [7, 11) is 1.75. The highest BCUT2D eigenvalue weighted by Crippen LogP contribution is 2.30. The number of carbonyl (C=O) groups excluding carboxylic acids is 1. The van der Waals surface area contributed by atoms with E-state index in [1.54, 1.807) is 19.4 Å². The van der Waals surface area contributed by atoms with E-state index in [9.17, 15) is 4.79 Å². The fourth-order valence-electron chi connectivity index (χ4n) is 2.47. The van der Waals surface area contributed by atoms with Crippen molar-refractivity contribution < 1.29 is 4.79 Å². The van der Waals surface area contributed by atoms with Crippen molar-refractivity contribution in [2.45, 2.75) is 19.9 Å². The molecule has 3 aromatic heterocycles. The molecule has 3 aromatic rings. The average molecular weight is 413 g/mol. The lowest BCUT2D eigenvalue weighted by atomic mass is 10.2. The number of rotatable bonds is 9. The monoisotopic (exact) mass is 412 g/mol. The third-order valence-corrected chi connectivity index (χ3v) is 5.06. The molecule has 152 valence electrons. The van der Waals surface area contributed by atoms with Crippen molar-refractivity contribution in [2.24, 2.45) is 0 Å². The first kappa shape index (κ1) is 20.6. The number of amides is 1. The molecule has 0 fully saturated rings. The molecule has 4 N–H and O–H groups in total. The van der Waals surface area contributed by atoms with Gasteiger partial charge < -0.3 is 21.3 Å². The third-order valence-electron chi connectivity index (χ3n) is 4.10. The Bertz CT molecular complexity index is 946. The van der Waals surface area contributed by atoms with Crippen LogP contribution in [0.4, 0.5) is 16.8 Å². The predicted molar refractivity (Wildman–Crippen MR) is 115 cm³/mol. The Morgan fingerprint density at radius 2 is 1.93 bits per heavy atom. The zero-order valence-corrected chi connectivity index (χ0v) is 17.4. The van der Waals surface area contributed by atoms with Crippen LogP contribution < -0.4 is 21.3 Å². The second kappa shape index (κ2) is 9.89. The minimum atomic E-state index is -0.220. The normalized spacial score (nSPS) is 11.7. The molecule has 3 rings (SSSR count). The van der Waals surface area contributed by atoms with Gasteiger partial charge >= 0.3 is 0 Å². The van der Waals surface area contributed by atoms with Crippen molar-refractivity contribution in [3.05, 3.63) is 42.6 Å². The van der Waals surface area contributed by atoms with Gasteiger partial charge in [0.15, 0.2) is 5.13 Å². The van der Waals surface area contributed by atoms with E-state index < -0.39 is 0 Å². The Balaban J connectivity index is 1.58.